The molecule has 0 atom stereocenters. The normalized spacial score (nSPS) is 22.2. The largest absolute Gasteiger partial charge is 0.368 e. The Labute approximate surface area is 100 Å². The first-order valence-corrected chi connectivity index (χ1v) is 6.28. The first kappa shape index (κ1) is 9.48. The zero-order valence-electron chi connectivity index (χ0n) is 9.74. The molecule has 0 aromatic carbocycles. The lowest BCUT2D eigenvalue weighted by atomic mass is 10.1. The summed E-state index contributed by atoms with van der Waals surface area (Å²) in [6.45, 7) is 3.32. The summed E-state index contributed by atoms with van der Waals surface area (Å²) in [7, 11) is 0. The van der Waals surface area contributed by atoms with Gasteiger partial charge in [0, 0.05) is 48.6 Å². The molecule has 2 aromatic rings. The Morgan fingerprint density at radius 3 is 3.12 bits per heavy atom. The maximum atomic E-state index is 4.35. The summed E-state index contributed by atoms with van der Waals surface area (Å²) in [4.78, 5) is 10.0. The molecule has 3 heterocycles. The summed E-state index contributed by atoms with van der Waals surface area (Å²) in [6, 6.07) is 4.26. The highest BCUT2D eigenvalue weighted by atomic mass is 15.2. The Morgan fingerprint density at radius 2 is 2.24 bits per heavy atom. The maximum Gasteiger partial charge on any atom is 0.139 e. The number of H-pyrrole nitrogens is 1. The summed E-state index contributed by atoms with van der Waals surface area (Å²) in [5.41, 5.74) is 2.74. The third-order valence-electron chi connectivity index (χ3n) is 4.01. The number of hydrogen-bond donors (Lipinski definition) is 2. The fourth-order valence-corrected chi connectivity index (χ4v) is 2.87. The fourth-order valence-electron chi connectivity index (χ4n) is 2.87. The quantitative estimate of drug-likeness (QED) is 0.777. The summed E-state index contributed by atoms with van der Waals surface area (Å²) in [6.07, 6.45) is 6.52. The van der Waals surface area contributed by atoms with E-state index in [9.17, 15) is 0 Å². The fraction of sp³-hybridized carbons (Fsp3) is 0.462. The molecule has 4 nitrogen and oxygen atoms in total. The molecule has 1 aliphatic heterocycles. The standard InChI is InChI=1S/C13H16N4/c1-5-14-12-10(1)11(2-6-15-12)17-8-7-16-13(9-17)3-4-13/h1-2,5-6,16H,3-4,7-9H2,(H,14,15). The Hall–Kier alpha value is -1.55. The second-order valence-corrected chi connectivity index (χ2v) is 5.20. The van der Waals surface area contributed by atoms with E-state index >= 15 is 0 Å². The number of anilines is 1. The van der Waals surface area contributed by atoms with Crippen molar-refractivity contribution in [2.24, 2.45) is 0 Å². The van der Waals surface area contributed by atoms with Gasteiger partial charge in [-0.3, -0.25) is 0 Å². The van der Waals surface area contributed by atoms with Gasteiger partial charge in [-0.2, -0.15) is 0 Å². The number of rotatable bonds is 1. The van der Waals surface area contributed by atoms with Crippen molar-refractivity contribution in [1.82, 2.24) is 15.3 Å². The van der Waals surface area contributed by atoms with Crippen molar-refractivity contribution in [1.29, 1.82) is 0 Å². The van der Waals surface area contributed by atoms with Gasteiger partial charge in [0.05, 0.1) is 0 Å². The van der Waals surface area contributed by atoms with E-state index in [1.165, 1.54) is 23.9 Å². The average Bonchev–Trinajstić information content (AvgIpc) is 2.94. The second-order valence-electron chi connectivity index (χ2n) is 5.20. The van der Waals surface area contributed by atoms with Gasteiger partial charge in [0.25, 0.3) is 0 Å². The second kappa shape index (κ2) is 3.23. The SMILES string of the molecule is c1cc(N2CCNC3(CC3)C2)c2cc[nH]c2n1. The zero-order chi connectivity index (χ0) is 11.3. The van der Waals surface area contributed by atoms with E-state index in [-0.39, 0.29) is 0 Å². The number of aromatic nitrogens is 2. The minimum atomic E-state index is 0.421. The highest BCUT2D eigenvalue weighted by Gasteiger charge is 2.45. The van der Waals surface area contributed by atoms with Gasteiger partial charge in [-0.05, 0) is 25.0 Å². The van der Waals surface area contributed by atoms with E-state index in [0.717, 1.165) is 25.3 Å². The number of fused-ring (bicyclic) bond motifs is 1. The molecule has 4 heteroatoms. The number of nitrogens with zero attached hydrogens (tertiary/aromatic N) is 2. The molecule has 1 saturated carbocycles. The molecule has 88 valence electrons. The van der Waals surface area contributed by atoms with Gasteiger partial charge in [0.2, 0.25) is 0 Å². The van der Waals surface area contributed by atoms with E-state index in [1.807, 2.05) is 12.4 Å². The third kappa shape index (κ3) is 1.44. The van der Waals surface area contributed by atoms with Gasteiger partial charge in [0.1, 0.15) is 5.65 Å². The number of nitrogens with one attached hydrogen (secondary N) is 2. The van der Waals surface area contributed by atoms with Crippen molar-refractivity contribution >= 4 is 16.7 Å². The molecule has 1 saturated heterocycles. The monoisotopic (exact) mass is 228 g/mol. The molecular formula is C13H16N4. The number of piperazine rings is 1. The topological polar surface area (TPSA) is 44.0 Å². The summed E-state index contributed by atoms with van der Waals surface area (Å²) < 4.78 is 0. The molecule has 1 spiro atoms. The molecule has 0 radical (unpaired) electrons. The average molecular weight is 228 g/mol. The van der Waals surface area contributed by atoms with Crippen LogP contribution >= 0.6 is 0 Å². The van der Waals surface area contributed by atoms with Crippen LogP contribution in [0.1, 0.15) is 12.8 Å². The van der Waals surface area contributed by atoms with Gasteiger partial charge in [0.15, 0.2) is 0 Å². The zero-order valence-corrected chi connectivity index (χ0v) is 9.74. The highest BCUT2D eigenvalue weighted by molar-refractivity contribution is 5.89. The summed E-state index contributed by atoms with van der Waals surface area (Å²) in [5.74, 6) is 0. The number of aromatic amines is 1. The Balaban J connectivity index is 1.75. The van der Waals surface area contributed by atoms with Crippen molar-refractivity contribution in [3.05, 3.63) is 24.5 Å². The maximum absolute atomic E-state index is 4.35. The van der Waals surface area contributed by atoms with Crippen LogP contribution in [-0.4, -0.2) is 35.1 Å². The Morgan fingerprint density at radius 1 is 1.29 bits per heavy atom. The van der Waals surface area contributed by atoms with Crippen LogP contribution in [0.2, 0.25) is 0 Å². The van der Waals surface area contributed by atoms with Crippen molar-refractivity contribution in [2.45, 2.75) is 18.4 Å². The predicted molar refractivity (Wildman–Crippen MR) is 68.3 cm³/mol. The molecule has 0 unspecified atom stereocenters. The first-order valence-electron chi connectivity index (χ1n) is 6.28. The minimum Gasteiger partial charge on any atom is -0.368 e. The van der Waals surface area contributed by atoms with E-state index < -0.39 is 0 Å². The lowest BCUT2D eigenvalue weighted by Crippen LogP contribution is -2.52. The predicted octanol–water partition coefficient (Wildman–Crippen LogP) is 1.51. The van der Waals surface area contributed by atoms with Crippen molar-refractivity contribution < 1.29 is 0 Å². The molecule has 2 aromatic heterocycles. The van der Waals surface area contributed by atoms with Crippen LogP contribution < -0.4 is 10.2 Å². The van der Waals surface area contributed by atoms with Crippen LogP contribution in [-0.2, 0) is 0 Å². The molecule has 1 aliphatic carbocycles. The van der Waals surface area contributed by atoms with E-state index in [2.05, 4.69) is 32.3 Å². The van der Waals surface area contributed by atoms with Crippen LogP contribution in [0, 0.1) is 0 Å². The van der Waals surface area contributed by atoms with Crippen LogP contribution in [0.5, 0.6) is 0 Å². The van der Waals surface area contributed by atoms with E-state index in [1.54, 1.807) is 0 Å². The molecule has 17 heavy (non-hydrogen) atoms. The van der Waals surface area contributed by atoms with Gasteiger partial charge in [-0.15, -0.1) is 0 Å². The molecule has 4 rings (SSSR count). The van der Waals surface area contributed by atoms with Crippen LogP contribution in [0.25, 0.3) is 11.0 Å². The number of hydrogen-bond acceptors (Lipinski definition) is 3. The van der Waals surface area contributed by atoms with Gasteiger partial charge in [-0.1, -0.05) is 0 Å². The van der Waals surface area contributed by atoms with E-state index in [0.29, 0.717) is 5.54 Å². The third-order valence-corrected chi connectivity index (χ3v) is 4.01. The van der Waals surface area contributed by atoms with Gasteiger partial charge >= 0.3 is 0 Å². The minimum absolute atomic E-state index is 0.421. The van der Waals surface area contributed by atoms with Gasteiger partial charge in [-0.25, -0.2) is 4.98 Å². The van der Waals surface area contributed by atoms with Gasteiger partial charge < -0.3 is 15.2 Å². The Bertz CT molecular complexity index is 555. The van der Waals surface area contributed by atoms with Crippen molar-refractivity contribution in [2.75, 3.05) is 24.5 Å². The highest BCUT2D eigenvalue weighted by Crippen LogP contribution is 2.39. The van der Waals surface area contributed by atoms with Crippen LogP contribution in [0.4, 0.5) is 5.69 Å². The molecule has 0 amide bonds. The lowest BCUT2D eigenvalue weighted by Gasteiger charge is -2.35. The summed E-state index contributed by atoms with van der Waals surface area (Å²) in [5, 5.41) is 4.89. The number of pyridine rings is 1. The van der Waals surface area contributed by atoms with E-state index in [4.69, 9.17) is 0 Å². The lowest BCUT2D eigenvalue weighted by molar-refractivity contribution is 0.443. The molecular weight excluding hydrogens is 212 g/mol. The smallest absolute Gasteiger partial charge is 0.139 e. The molecule has 2 N–H and O–H groups in total. The van der Waals surface area contributed by atoms with Crippen LogP contribution in [0.15, 0.2) is 24.5 Å². The Kier molecular flexibility index (Phi) is 1.80. The molecule has 0 bridgehead atoms. The van der Waals surface area contributed by atoms with Crippen molar-refractivity contribution in [3.63, 3.8) is 0 Å². The van der Waals surface area contributed by atoms with Crippen molar-refractivity contribution in [3.8, 4) is 0 Å². The molecule has 2 fully saturated rings. The first-order chi connectivity index (χ1) is 8.36. The van der Waals surface area contributed by atoms with Crippen LogP contribution in [0.3, 0.4) is 0 Å². The summed E-state index contributed by atoms with van der Waals surface area (Å²) >= 11 is 0. The molecule has 2 aliphatic rings.